The molecule has 0 atom stereocenters. The van der Waals surface area contributed by atoms with E-state index in [0.29, 0.717) is 16.3 Å². The molecule has 0 unspecified atom stereocenters. The van der Waals surface area contributed by atoms with Gasteiger partial charge in [-0.25, -0.2) is 0 Å². The summed E-state index contributed by atoms with van der Waals surface area (Å²) in [5, 5.41) is 5.73. The molecule has 0 aliphatic heterocycles. The Bertz CT molecular complexity index is 408. The number of benzene rings is 1. The van der Waals surface area contributed by atoms with E-state index in [-0.39, 0.29) is 11.0 Å². The van der Waals surface area contributed by atoms with E-state index in [1.807, 2.05) is 0 Å². The third kappa shape index (κ3) is 3.07. The Balaban J connectivity index is 3.05. The summed E-state index contributed by atoms with van der Waals surface area (Å²) in [6, 6.07) is 4.88. The zero-order chi connectivity index (χ0) is 11.4. The number of rotatable bonds is 2. The van der Waals surface area contributed by atoms with Crippen molar-refractivity contribution in [2.75, 3.05) is 12.4 Å². The predicted octanol–water partition coefficient (Wildman–Crippen LogP) is 1.36. The molecule has 1 rings (SSSR count). The maximum atomic E-state index is 11.4. The van der Waals surface area contributed by atoms with Gasteiger partial charge in [0, 0.05) is 12.7 Å². The minimum Gasteiger partial charge on any atom is -0.376 e. The summed E-state index contributed by atoms with van der Waals surface area (Å²) < 4.78 is 0. The van der Waals surface area contributed by atoms with Crippen LogP contribution >= 0.6 is 23.8 Å². The lowest BCUT2D eigenvalue weighted by atomic mass is 10.2. The molecule has 0 heterocycles. The van der Waals surface area contributed by atoms with E-state index in [2.05, 4.69) is 22.9 Å². The highest BCUT2D eigenvalue weighted by molar-refractivity contribution is 7.80. The molecule has 1 amide bonds. The summed E-state index contributed by atoms with van der Waals surface area (Å²) in [5.74, 6) is -0.258. The Morgan fingerprint density at radius 2 is 2.20 bits per heavy atom. The average Bonchev–Trinajstić information content (AvgIpc) is 2.19. The highest BCUT2D eigenvalue weighted by Gasteiger charge is 2.09. The number of carbonyl (C=O) groups excluding carboxylic acids is 1. The van der Waals surface area contributed by atoms with Crippen LogP contribution in [-0.2, 0) is 0 Å². The van der Waals surface area contributed by atoms with Crippen molar-refractivity contribution in [2.45, 2.75) is 0 Å². The maximum absolute atomic E-state index is 11.4. The Labute approximate surface area is 97.8 Å². The van der Waals surface area contributed by atoms with Crippen molar-refractivity contribution in [1.82, 2.24) is 5.32 Å². The molecule has 6 heteroatoms. The monoisotopic (exact) mass is 243 g/mol. The number of hydrogen-bond donors (Lipinski definition) is 3. The van der Waals surface area contributed by atoms with Crippen molar-refractivity contribution in [3.05, 3.63) is 28.8 Å². The molecule has 0 aliphatic carbocycles. The highest BCUT2D eigenvalue weighted by atomic mass is 35.5. The summed E-state index contributed by atoms with van der Waals surface area (Å²) in [5.41, 5.74) is 6.31. The molecule has 1 aromatic carbocycles. The largest absolute Gasteiger partial charge is 0.376 e. The SMILES string of the molecule is CNC(=O)c1cc(NC(N)=S)ccc1Cl. The standard InChI is InChI=1S/C9H10ClN3OS/c1-12-8(14)6-4-5(13-9(11)15)2-3-7(6)10/h2-4H,1H3,(H,12,14)(H3,11,13,15). The van der Waals surface area contributed by atoms with E-state index in [9.17, 15) is 4.79 Å². The number of hydrogen-bond acceptors (Lipinski definition) is 2. The van der Waals surface area contributed by atoms with Crippen LogP contribution in [0.1, 0.15) is 10.4 Å². The van der Waals surface area contributed by atoms with Gasteiger partial charge in [-0.1, -0.05) is 11.6 Å². The van der Waals surface area contributed by atoms with E-state index < -0.39 is 0 Å². The van der Waals surface area contributed by atoms with E-state index >= 15 is 0 Å². The number of nitrogens with one attached hydrogen (secondary N) is 2. The van der Waals surface area contributed by atoms with Crippen molar-refractivity contribution >= 4 is 40.5 Å². The van der Waals surface area contributed by atoms with Crippen LogP contribution in [-0.4, -0.2) is 18.1 Å². The second-order valence-electron chi connectivity index (χ2n) is 2.76. The molecule has 0 saturated heterocycles. The molecule has 4 N–H and O–H groups in total. The van der Waals surface area contributed by atoms with Crippen LogP contribution < -0.4 is 16.4 Å². The lowest BCUT2D eigenvalue weighted by Crippen LogP contribution is -2.21. The zero-order valence-electron chi connectivity index (χ0n) is 8.00. The van der Waals surface area contributed by atoms with Crippen molar-refractivity contribution in [2.24, 2.45) is 5.73 Å². The molecule has 80 valence electrons. The normalized spacial score (nSPS) is 9.47. The summed E-state index contributed by atoms with van der Waals surface area (Å²) >= 11 is 10.5. The van der Waals surface area contributed by atoms with Gasteiger partial charge in [0.2, 0.25) is 0 Å². The first-order chi connectivity index (χ1) is 7.04. The Morgan fingerprint density at radius 1 is 1.53 bits per heavy atom. The molecule has 0 aromatic heterocycles. The van der Waals surface area contributed by atoms with Gasteiger partial charge in [-0.05, 0) is 30.4 Å². The smallest absolute Gasteiger partial charge is 0.252 e. The number of carbonyl (C=O) groups is 1. The maximum Gasteiger partial charge on any atom is 0.252 e. The van der Waals surface area contributed by atoms with Gasteiger partial charge in [0.25, 0.3) is 5.91 Å². The van der Waals surface area contributed by atoms with Crippen molar-refractivity contribution < 1.29 is 4.79 Å². The Kier molecular flexibility index (Phi) is 3.88. The van der Waals surface area contributed by atoms with Gasteiger partial charge >= 0.3 is 0 Å². The van der Waals surface area contributed by atoms with Gasteiger partial charge in [-0.15, -0.1) is 0 Å². The average molecular weight is 244 g/mol. The van der Waals surface area contributed by atoms with Crippen molar-refractivity contribution in [1.29, 1.82) is 0 Å². The number of nitrogens with two attached hydrogens (primary N) is 1. The fourth-order valence-electron chi connectivity index (χ4n) is 1.05. The van der Waals surface area contributed by atoms with E-state index in [1.165, 1.54) is 7.05 Å². The molecular formula is C9H10ClN3OS. The Morgan fingerprint density at radius 3 is 2.73 bits per heavy atom. The lowest BCUT2D eigenvalue weighted by Gasteiger charge is -2.07. The van der Waals surface area contributed by atoms with Gasteiger partial charge in [0.05, 0.1) is 10.6 Å². The lowest BCUT2D eigenvalue weighted by molar-refractivity contribution is 0.0963. The van der Waals surface area contributed by atoms with Crippen LogP contribution in [0.25, 0.3) is 0 Å². The zero-order valence-corrected chi connectivity index (χ0v) is 9.58. The van der Waals surface area contributed by atoms with E-state index in [1.54, 1.807) is 18.2 Å². The van der Waals surface area contributed by atoms with Crippen LogP contribution in [0.4, 0.5) is 5.69 Å². The van der Waals surface area contributed by atoms with Crippen molar-refractivity contribution in [3.63, 3.8) is 0 Å². The topological polar surface area (TPSA) is 67.2 Å². The first kappa shape index (κ1) is 11.7. The van der Waals surface area contributed by atoms with Gasteiger partial charge in [-0.3, -0.25) is 4.79 Å². The van der Waals surface area contributed by atoms with Crippen LogP contribution in [0.5, 0.6) is 0 Å². The van der Waals surface area contributed by atoms with Crippen LogP contribution in [0, 0.1) is 0 Å². The molecule has 0 spiro atoms. The van der Waals surface area contributed by atoms with Gasteiger partial charge in [0.15, 0.2) is 5.11 Å². The van der Waals surface area contributed by atoms with Gasteiger partial charge in [0.1, 0.15) is 0 Å². The van der Waals surface area contributed by atoms with Crippen molar-refractivity contribution in [3.8, 4) is 0 Å². The molecule has 0 radical (unpaired) electrons. The molecule has 0 fully saturated rings. The minimum atomic E-state index is -0.258. The predicted molar refractivity (Wildman–Crippen MR) is 65.3 cm³/mol. The van der Waals surface area contributed by atoms with Gasteiger partial charge in [-0.2, -0.15) is 0 Å². The number of amides is 1. The molecule has 4 nitrogen and oxygen atoms in total. The molecule has 15 heavy (non-hydrogen) atoms. The highest BCUT2D eigenvalue weighted by Crippen LogP contribution is 2.20. The first-order valence-electron chi connectivity index (χ1n) is 4.12. The fourth-order valence-corrected chi connectivity index (χ4v) is 1.38. The second kappa shape index (κ2) is 4.95. The quantitative estimate of drug-likeness (QED) is 0.686. The summed E-state index contributed by atoms with van der Waals surface area (Å²) in [6.07, 6.45) is 0. The Hall–Kier alpha value is -1.33. The van der Waals surface area contributed by atoms with Gasteiger partial charge < -0.3 is 16.4 Å². The molecular weight excluding hydrogens is 234 g/mol. The summed E-state index contributed by atoms with van der Waals surface area (Å²) in [6.45, 7) is 0. The third-order valence-electron chi connectivity index (χ3n) is 1.71. The van der Waals surface area contributed by atoms with Crippen LogP contribution in [0.3, 0.4) is 0 Å². The van der Waals surface area contributed by atoms with Crippen LogP contribution in [0.2, 0.25) is 5.02 Å². The summed E-state index contributed by atoms with van der Waals surface area (Å²) in [7, 11) is 1.53. The third-order valence-corrected chi connectivity index (χ3v) is 2.14. The molecule has 0 bridgehead atoms. The molecule has 1 aromatic rings. The van der Waals surface area contributed by atoms with Crippen LogP contribution in [0.15, 0.2) is 18.2 Å². The van der Waals surface area contributed by atoms with E-state index in [4.69, 9.17) is 17.3 Å². The minimum absolute atomic E-state index is 0.139. The van der Waals surface area contributed by atoms with E-state index in [0.717, 1.165) is 0 Å². The number of halogens is 1. The summed E-state index contributed by atoms with van der Waals surface area (Å²) in [4.78, 5) is 11.4. The fraction of sp³-hybridized carbons (Fsp3) is 0.111. The molecule has 0 saturated carbocycles. The number of thiocarbonyl (C=S) groups is 1. The first-order valence-corrected chi connectivity index (χ1v) is 4.91. The second-order valence-corrected chi connectivity index (χ2v) is 3.61. The molecule has 0 aliphatic rings. The number of anilines is 1.